The molecule has 12 heteroatoms. The van der Waals surface area contributed by atoms with E-state index in [0.29, 0.717) is 38.8 Å². The molecule has 170 valence electrons. The van der Waals surface area contributed by atoms with Crippen LogP contribution in [0.3, 0.4) is 0 Å². The van der Waals surface area contributed by atoms with Gasteiger partial charge in [-0.3, -0.25) is 24.0 Å². The molecule has 0 aliphatic carbocycles. The molecule has 30 heavy (non-hydrogen) atoms. The van der Waals surface area contributed by atoms with Crippen LogP contribution in [0.4, 0.5) is 0 Å². The van der Waals surface area contributed by atoms with Gasteiger partial charge >= 0.3 is 11.9 Å². The number of carbonyl (C=O) groups is 5. The Kier molecular flexibility index (Phi) is 10.8. The lowest BCUT2D eigenvalue weighted by molar-refractivity contribution is -0.141. The van der Waals surface area contributed by atoms with Crippen LogP contribution in [-0.4, -0.2) is 82.5 Å². The Hall–Kier alpha value is -2.73. The molecule has 3 amide bonds. The largest absolute Gasteiger partial charge is 0.481 e. The molecule has 1 aliphatic rings. The third kappa shape index (κ3) is 8.33. The van der Waals surface area contributed by atoms with Gasteiger partial charge in [0.25, 0.3) is 0 Å². The van der Waals surface area contributed by atoms with Crippen molar-refractivity contribution in [3.8, 4) is 0 Å². The number of hydrogen-bond donors (Lipinski definition) is 6. The molecule has 0 aromatic heterocycles. The highest BCUT2D eigenvalue weighted by molar-refractivity contribution is 5.94. The lowest BCUT2D eigenvalue weighted by Crippen LogP contribution is -2.55. The summed E-state index contributed by atoms with van der Waals surface area (Å²) in [6, 6.07) is -2.81. The number of rotatable bonds is 13. The Morgan fingerprint density at radius 1 is 1.07 bits per heavy atom. The molecule has 8 N–H and O–H groups in total. The molecule has 1 fully saturated rings. The van der Waals surface area contributed by atoms with Crippen molar-refractivity contribution in [1.29, 1.82) is 0 Å². The van der Waals surface area contributed by atoms with Gasteiger partial charge in [0.15, 0.2) is 0 Å². The molecule has 0 radical (unpaired) electrons. The molecule has 1 rings (SSSR count). The maximum Gasteiger partial charge on any atom is 0.322 e. The number of likely N-dealkylation sites (tertiary alicyclic amines) is 1. The van der Waals surface area contributed by atoms with E-state index in [4.69, 9.17) is 21.7 Å². The van der Waals surface area contributed by atoms with Crippen LogP contribution in [0.1, 0.15) is 44.9 Å². The Morgan fingerprint density at radius 3 is 2.37 bits per heavy atom. The number of unbranched alkanes of at least 4 members (excludes halogenated alkanes) is 1. The van der Waals surface area contributed by atoms with E-state index in [-0.39, 0.29) is 12.3 Å². The smallest absolute Gasteiger partial charge is 0.322 e. The van der Waals surface area contributed by atoms with Gasteiger partial charge in [0.2, 0.25) is 17.7 Å². The van der Waals surface area contributed by atoms with E-state index in [1.807, 2.05) is 0 Å². The maximum absolute atomic E-state index is 12.7. The van der Waals surface area contributed by atoms with Crippen LogP contribution >= 0.6 is 0 Å². The van der Waals surface area contributed by atoms with E-state index in [9.17, 15) is 24.0 Å². The normalized spacial score (nSPS) is 17.8. The highest BCUT2D eigenvalue weighted by Crippen LogP contribution is 2.19. The van der Waals surface area contributed by atoms with Crippen LogP contribution in [0.15, 0.2) is 0 Å². The highest BCUT2D eigenvalue weighted by Gasteiger charge is 2.37. The Morgan fingerprint density at radius 2 is 1.77 bits per heavy atom. The zero-order valence-corrected chi connectivity index (χ0v) is 16.8. The summed E-state index contributed by atoms with van der Waals surface area (Å²) in [4.78, 5) is 60.4. The standard InChI is InChI=1S/C18H31N5O7/c19-8-2-1-4-11(20)18(30)23-9-3-5-13(23)17(29)22-12(6-7-14(24)25)16(28)21-10-15(26)27/h11-13H,1-10,19-20H2,(H,21,28)(H,22,29)(H,24,25)(H,26,27). The summed E-state index contributed by atoms with van der Waals surface area (Å²) >= 11 is 0. The summed E-state index contributed by atoms with van der Waals surface area (Å²) < 4.78 is 0. The van der Waals surface area contributed by atoms with Gasteiger partial charge in [0.05, 0.1) is 6.04 Å². The summed E-state index contributed by atoms with van der Waals surface area (Å²) in [7, 11) is 0. The lowest BCUT2D eigenvalue weighted by Gasteiger charge is -2.28. The van der Waals surface area contributed by atoms with E-state index < -0.39 is 54.8 Å². The van der Waals surface area contributed by atoms with E-state index >= 15 is 0 Å². The van der Waals surface area contributed by atoms with Crippen molar-refractivity contribution in [3.05, 3.63) is 0 Å². The SMILES string of the molecule is NCCCCC(N)C(=O)N1CCCC1C(=O)NC(CCC(=O)O)C(=O)NCC(=O)O. The molecule has 0 aromatic carbocycles. The van der Waals surface area contributed by atoms with E-state index in [2.05, 4.69) is 10.6 Å². The van der Waals surface area contributed by atoms with Crippen LogP contribution < -0.4 is 22.1 Å². The van der Waals surface area contributed by atoms with E-state index in [1.165, 1.54) is 4.90 Å². The van der Waals surface area contributed by atoms with Crippen LogP contribution in [0, 0.1) is 0 Å². The van der Waals surface area contributed by atoms with Gasteiger partial charge in [-0.15, -0.1) is 0 Å². The second-order valence-electron chi connectivity index (χ2n) is 7.19. The zero-order valence-electron chi connectivity index (χ0n) is 16.8. The minimum Gasteiger partial charge on any atom is -0.481 e. The minimum atomic E-state index is -1.28. The number of carboxylic acids is 2. The maximum atomic E-state index is 12.7. The van der Waals surface area contributed by atoms with Gasteiger partial charge in [0.1, 0.15) is 18.6 Å². The number of nitrogens with two attached hydrogens (primary N) is 2. The number of nitrogens with zero attached hydrogens (tertiary/aromatic N) is 1. The second-order valence-corrected chi connectivity index (χ2v) is 7.19. The van der Waals surface area contributed by atoms with E-state index in [0.717, 1.165) is 6.42 Å². The first-order chi connectivity index (χ1) is 14.2. The van der Waals surface area contributed by atoms with Gasteiger partial charge in [-0.2, -0.15) is 0 Å². The van der Waals surface area contributed by atoms with Crippen LogP contribution in [0.25, 0.3) is 0 Å². The Bertz CT molecular complexity index is 642. The predicted molar refractivity (Wildman–Crippen MR) is 105 cm³/mol. The van der Waals surface area contributed by atoms with Crippen molar-refractivity contribution in [2.45, 2.75) is 63.1 Å². The lowest BCUT2D eigenvalue weighted by atomic mass is 10.1. The first-order valence-corrected chi connectivity index (χ1v) is 9.95. The first kappa shape index (κ1) is 25.3. The molecule has 1 aliphatic heterocycles. The average Bonchev–Trinajstić information content (AvgIpc) is 3.18. The van der Waals surface area contributed by atoms with Crippen molar-refractivity contribution in [2.75, 3.05) is 19.6 Å². The van der Waals surface area contributed by atoms with Crippen molar-refractivity contribution < 1.29 is 34.2 Å². The second kappa shape index (κ2) is 12.8. The fraction of sp³-hybridized carbons (Fsp3) is 0.722. The van der Waals surface area contributed by atoms with Crippen LogP contribution in [0.5, 0.6) is 0 Å². The van der Waals surface area contributed by atoms with Crippen LogP contribution in [0.2, 0.25) is 0 Å². The van der Waals surface area contributed by atoms with Crippen molar-refractivity contribution >= 4 is 29.7 Å². The number of hydrogen-bond acceptors (Lipinski definition) is 7. The Balaban J connectivity index is 2.77. The third-order valence-corrected chi connectivity index (χ3v) is 4.82. The average molecular weight is 429 g/mol. The van der Waals surface area contributed by atoms with Gasteiger partial charge in [-0.1, -0.05) is 6.42 Å². The molecule has 0 aromatic rings. The molecule has 12 nitrogen and oxygen atoms in total. The van der Waals surface area contributed by atoms with Gasteiger partial charge < -0.3 is 37.2 Å². The topological polar surface area (TPSA) is 205 Å². The van der Waals surface area contributed by atoms with Crippen molar-refractivity contribution in [1.82, 2.24) is 15.5 Å². The molecule has 0 spiro atoms. The third-order valence-electron chi connectivity index (χ3n) is 4.82. The molecule has 1 heterocycles. The van der Waals surface area contributed by atoms with E-state index in [1.54, 1.807) is 0 Å². The number of carbonyl (C=O) groups excluding carboxylic acids is 3. The van der Waals surface area contributed by atoms with Crippen molar-refractivity contribution in [3.63, 3.8) is 0 Å². The summed E-state index contributed by atoms with van der Waals surface area (Å²) in [5.41, 5.74) is 11.4. The number of carboxylic acid groups (broad SMARTS) is 2. The molecule has 0 saturated carbocycles. The van der Waals surface area contributed by atoms with Gasteiger partial charge in [-0.05, 0) is 38.6 Å². The Labute approximate surface area is 174 Å². The molecular formula is C18H31N5O7. The van der Waals surface area contributed by atoms with Gasteiger partial charge in [-0.25, -0.2) is 0 Å². The number of aliphatic carboxylic acids is 2. The highest BCUT2D eigenvalue weighted by atomic mass is 16.4. The van der Waals surface area contributed by atoms with Crippen molar-refractivity contribution in [2.24, 2.45) is 11.5 Å². The number of nitrogens with one attached hydrogen (secondary N) is 2. The summed E-state index contributed by atoms with van der Waals surface area (Å²) in [6.45, 7) is 0.188. The fourth-order valence-electron chi connectivity index (χ4n) is 3.24. The molecular weight excluding hydrogens is 398 g/mol. The molecule has 0 bridgehead atoms. The number of amides is 3. The van der Waals surface area contributed by atoms with Crippen LogP contribution in [-0.2, 0) is 24.0 Å². The zero-order chi connectivity index (χ0) is 22.7. The summed E-state index contributed by atoms with van der Waals surface area (Å²) in [5, 5.41) is 22.1. The minimum absolute atomic E-state index is 0.216. The molecule has 1 saturated heterocycles. The molecule has 3 unspecified atom stereocenters. The predicted octanol–water partition coefficient (Wildman–Crippen LogP) is -2.02. The summed E-state index contributed by atoms with van der Waals surface area (Å²) in [5.74, 6) is -4.21. The first-order valence-electron chi connectivity index (χ1n) is 9.95. The summed E-state index contributed by atoms with van der Waals surface area (Å²) in [6.07, 6.45) is 2.23. The fourth-order valence-corrected chi connectivity index (χ4v) is 3.24. The monoisotopic (exact) mass is 429 g/mol. The van der Waals surface area contributed by atoms with Gasteiger partial charge in [0, 0.05) is 13.0 Å². The quantitative estimate of drug-likeness (QED) is 0.178. The molecule has 3 atom stereocenters.